The Hall–Kier alpha value is -2.78. The third kappa shape index (κ3) is 6.99. The summed E-state index contributed by atoms with van der Waals surface area (Å²) in [4.78, 5) is 2.12. The van der Waals surface area contributed by atoms with Crippen LogP contribution in [0.4, 0.5) is 0 Å². The van der Waals surface area contributed by atoms with Gasteiger partial charge in [-0.05, 0) is 73.7 Å². The Labute approximate surface area is 229 Å². The molecule has 0 aliphatic carbocycles. The Morgan fingerprint density at radius 1 is 1.11 bits per heavy atom. The number of likely N-dealkylation sites (tertiary alicyclic amines) is 1. The van der Waals surface area contributed by atoms with Crippen LogP contribution in [0.25, 0.3) is 0 Å². The molecule has 206 valence electrons. The van der Waals surface area contributed by atoms with Crippen LogP contribution in [0.1, 0.15) is 35.1 Å². The lowest BCUT2D eigenvalue weighted by molar-refractivity contribution is -0.140. The van der Waals surface area contributed by atoms with Crippen molar-refractivity contribution in [1.82, 2.24) is 14.7 Å². The average molecular weight is 544 g/mol. The summed E-state index contributed by atoms with van der Waals surface area (Å²) in [7, 11) is 1.63. The van der Waals surface area contributed by atoms with Crippen LogP contribution in [0.3, 0.4) is 0 Å². The van der Waals surface area contributed by atoms with E-state index in [1.165, 1.54) is 0 Å². The summed E-state index contributed by atoms with van der Waals surface area (Å²) in [5.74, 6) is 1.99. The number of β-amino-alcohol motifs (C(OH)–C–C–N with tert-alkyl or cyclic N) is 1. The number of rotatable bonds is 11. The molecule has 1 fully saturated rings. The van der Waals surface area contributed by atoms with E-state index in [1.54, 1.807) is 7.11 Å². The van der Waals surface area contributed by atoms with Crippen LogP contribution in [0.2, 0.25) is 5.02 Å². The number of methoxy groups -OCH3 is 1. The molecule has 1 saturated heterocycles. The van der Waals surface area contributed by atoms with Crippen LogP contribution in [-0.4, -0.2) is 70.0 Å². The number of aryl methyl sites for hydroxylation is 4. The number of hydrogen-bond donors (Lipinski definition) is 2. The van der Waals surface area contributed by atoms with Crippen LogP contribution < -0.4 is 14.2 Å². The van der Waals surface area contributed by atoms with Crippen LogP contribution in [0.15, 0.2) is 42.7 Å². The van der Waals surface area contributed by atoms with Crippen molar-refractivity contribution in [2.24, 2.45) is 0 Å². The van der Waals surface area contributed by atoms with E-state index in [0.717, 1.165) is 35.2 Å². The maximum atomic E-state index is 11.3. The van der Waals surface area contributed by atoms with Gasteiger partial charge in [0.1, 0.15) is 18.0 Å². The van der Waals surface area contributed by atoms with Crippen LogP contribution >= 0.6 is 11.6 Å². The molecule has 2 aromatic carbocycles. The third-order valence-corrected chi connectivity index (χ3v) is 7.52. The van der Waals surface area contributed by atoms with Crippen molar-refractivity contribution in [2.45, 2.75) is 58.4 Å². The molecule has 0 bridgehead atoms. The van der Waals surface area contributed by atoms with Gasteiger partial charge in [0.05, 0.1) is 26.0 Å². The van der Waals surface area contributed by atoms with Crippen LogP contribution in [-0.2, 0) is 13.1 Å². The van der Waals surface area contributed by atoms with E-state index in [4.69, 9.17) is 25.8 Å². The summed E-state index contributed by atoms with van der Waals surface area (Å²) in [6.07, 6.45) is 4.27. The highest BCUT2D eigenvalue weighted by Crippen LogP contribution is 2.31. The Bertz CT molecular complexity index is 1210. The lowest BCUT2D eigenvalue weighted by atomic mass is 9.90. The average Bonchev–Trinajstić information content (AvgIpc) is 3.31. The largest absolute Gasteiger partial charge is 0.493 e. The zero-order valence-electron chi connectivity index (χ0n) is 22.6. The maximum absolute atomic E-state index is 11.3. The highest BCUT2D eigenvalue weighted by atomic mass is 35.5. The summed E-state index contributed by atoms with van der Waals surface area (Å²) in [6, 6.07) is 9.59. The highest BCUT2D eigenvalue weighted by Gasteiger charge is 2.42. The zero-order chi connectivity index (χ0) is 27.3. The number of aromatic nitrogens is 2. The number of hydrogen-bond acceptors (Lipinski definition) is 7. The molecule has 0 saturated carbocycles. The minimum atomic E-state index is -1.39. The molecular formula is C29H38ClN3O5. The molecule has 4 rings (SSSR count). The molecule has 9 heteroatoms. The van der Waals surface area contributed by atoms with Gasteiger partial charge in [-0.3, -0.25) is 9.58 Å². The Morgan fingerprint density at radius 2 is 1.87 bits per heavy atom. The van der Waals surface area contributed by atoms with Gasteiger partial charge in [0.25, 0.3) is 0 Å². The van der Waals surface area contributed by atoms with E-state index in [9.17, 15) is 10.2 Å². The third-order valence-electron chi connectivity index (χ3n) is 6.92. The standard InChI is InChI=1S/C29H38ClN3O5/c1-20-15-31-33(16-20)9-5-11-37-25-7-6-23(14-26(25)36-4)17-32-10-8-27(34)29(35,18-32)19-38-24-12-21(2)28(30)22(3)13-24/h6-7,12-16,27,34-35H,5,8-11,17-19H2,1-4H3/t27-,29-/m0/s1. The first-order valence-corrected chi connectivity index (χ1v) is 13.4. The van der Waals surface area contributed by atoms with Gasteiger partial charge in [-0.25, -0.2) is 0 Å². The van der Waals surface area contributed by atoms with Gasteiger partial charge in [0, 0.05) is 43.8 Å². The number of ether oxygens (including phenoxy) is 3. The molecule has 38 heavy (non-hydrogen) atoms. The van der Waals surface area contributed by atoms with Gasteiger partial charge in [-0.15, -0.1) is 0 Å². The normalized spacial score (nSPS) is 19.9. The molecule has 1 aliphatic rings. The van der Waals surface area contributed by atoms with Gasteiger partial charge in [-0.2, -0.15) is 5.10 Å². The predicted molar refractivity (Wildman–Crippen MR) is 147 cm³/mol. The molecule has 1 aromatic heterocycles. The molecule has 0 unspecified atom stereocenters. The van der Waals surface area contributed by atoms with Gasteiger partial charge in [-0.1, -0.05) is 17.7 Å². The van der Waals surface area contributed by atoms with Crippen molar-refractivity contribution in [2.75, 3.05) is 33.4 Å². The monoisotopic (exact) mass is 543 g/mol. The summed E-state index contributed by atoms with van der Waals surface area (Å²) in [5.41, 5.74) is 2.61. The number of halogens is 1. The summed E-state index contributed by atoms with van der Waals surface area (Å²) in [5, 5.41) is 26.9. The Kier molecular flexibility index (Phi) is 9.20. The first-order chi connectivity index (χ1) is 18.2. The number of aliphatic hydroxyl groups is 2. The maximum Gasteiger partial charge on any atom is 0.161 e. The Balaban J connectivity index is 1.33. The number of benzene rings is 2. The number of aliphatic hydroxyl groups excluding tert-OH is 1. The SMILES string of the molecule is COc1cc(CN2CC[C@H](O)[C@@](O)(COc3cc(C)c(Cl)c(C)c3)C2)ccc1OCCCn1cc(C)cn1. The van der Waals surface area contributed by atoms with Crippen molar-refractivity contribution >= 4 is 11.6 Å². The molecule has 0 radical (unpaired) electrons. The lowest BCUT2D eigenvalue weighted by Crippen LogP contribution is -2.59. The molecule has 8 nitrogen and oxygen atoms in total. The molecule has 3 aromatic rings. The van der Waals surface area contributed by atoms with Crippen LogP contribution in [0, 0.1) is 20.8 Å². The molecule has 2 atom stereocenters. The second-order valence-electron chi connectivity index (χ2n) is 10.2. The highest BCUT2D eigenvalue weighted by molar-refractivity contribution is 6.32. The van der Waals surface area contributed by atoms with Crippen LogP contribution in [0.5, 0.6) is 17.2 Å². The zero-order valence-corrected chi connectivity index (χ0v) is 23.4. The first kappa shape index (κ1) is 28.2. The fourth-order valence-electron chi connectivity index (χ4n) is 4.81. The van der Waals surface area contributed by atoms with E-state index < -0.39 is 11.7 Å². The Morgan fingerprint density at radius 3 is 2.55 bits per heavy atom. The van der Waals surface area contributed by atoms with E-state index in [1.807, 2.05) is 68.2 Å². The molecule has 0 spiro atoms. The minimum absolute atomic E-state index is 0.0145. The van der Waals surface area contributed by atoms with Crippen molar-refractivity contribution in [3.63, 3.8) is 0 Å². The lowest BCUT2D eigenvalue weighted by Gasteiger charge is -2.42. The van der Waals surface area contributed by atoms with Gasteiger partial charge < -0.3 is 24.4 Å². The quantitative estimate of drug-likeness (QED) is 0.348. The molecule has 2 N–H and O–H groups in total. The van der Waals surface area contributed by atoms with Crippen molar-refractivity contribution < 1.29 is 24.4 Å². The topological polar surface area (TPSA) is 89.2 Å². The summed E-state index contributed by atoms with van der Waals surface area (Å²) < 4.78 is 19.4. The van der Waals surface area contributed by atoms with E-state index in [-0.39, 0.29) is 13.2 Å². The fraction of sp³-hybridized carbons (Fsp3) is 0.483. The molecular weight excluding hydrogens is 506 g/mol. The van der Waals surface area contributed by atoms with Gasteiger partial charge in [0.2, 0.25) is 0 Å². The summed E-state index contributed by atoms with van der Waals surface area (Å²) >= 11 is 6.26. The van der Waals surface area contributed by atoms with E-state index >= 15 is 0 Å². The predicted octanol–water partition coefficient (Wildman–Crippen LogP) is 4.32. The molecule has 2 heterocycles. The van der Waals surface area contributed by atoms with Crippen molar-refractivity contribution in [3.8, 4) is 17.2 Å². The van der Waals surface area contributed by atoms with E-state index in [2.05, 4.69) is 10.00 Å². The smallest absolute Gasteiger partial charge is 0.161 e. The molecule has 0 amide bonds. The molecule has 1 aliphatic heterocycles. The summed E-state index contributed by atoms with van der Waals surface area (Å²) in [6.45, 7) is 8.74. The van der Waals surface area contributed by atoms with Gasteiger partial charge in [0.15, 0.2) is 11.5 Å². The minimum Gasteiger partial charge on any atom is -0.493 e. The van der Waals surface area contributed by atoms with Gasteiger partial charge >= 0.3 is 0 Å². The fourth-order valence-corrected chi connectivity index (χ4v) is 4.91. The second kappa shape index (κ2) is 12.4. The van der Waals surface area contributed by atoms with Crippen molar-refractivity contribution in [1.29, 1.82) is 0 Å². The van der Waals surface area contributed by atoms with Crippen molar-refractivity contribution in [3.05, 3.63) is 70.0 Å². The number of piperidine rings is 1. The second-order valence-corrected chi connectivity index (χ2v) is 10.6. The number of nitrogens with zero attached hydrogens (tertiary/aromatic N) is 3. The first-order valence-electron chi connectivity index (χ1n) is 13.0. The van der Waals surface area contributed by atoms with E-state index in [0.29, 0.717) is 48.4 Å².